The minimum absolute atomic E-state index is 0.0593. The minimum Gasteiger partial charge on any atom is -0.487 e. The van der Waals surface area contributed by atoms with Crippen LogP contribution in [0, 0.1) is 6.92 Å². The van der Waals surface area contributed by atoms with Gasteiger partial charge in [-0.25, -0.2) is 4.79 Å². The second-order valence-corrected chi connectivity index (χ2v) is 9.82. The molecular formula is C24H31NO6. The summed E-state index contributed by atoms with van der Waals surface area (Å²) in [4.78, 5) is 24.6. The van der Waals surface area contributed by atoms with Crippen molar-refractivity contribution >= 4 is 16.9 Å². The van der Waals surface area contributed by atoms with Crippen molar-refractivity contribution < 1.29 is 23.4 Å². The Morgan fingerprint density at radius 1 is 1.23 bits per heavy atom. The third kappa shape index (κ3) is 4.71. The molecule has 2 aromatic rings. The molecule has 4 rings (SSSR count). The van der Waals surface area contributed by atoms with Gasteiger partial charge in [0.05, 0.1) is 11.0 Å². The Balaban J connectivity index is 1.59. The van der Waals surface area contributed by atoms with Crippen LogP contribution in [0.5, 0.6) is 11.5 Å². The lowest BCUT2D eigenvalue weighted by molar-refractivity contribution is -0.126. The maximum absolute atomic E-state index is 12.6. The van der Waals surface area contributed by atoms with Crippen LogP contribution in [0.15, 0.2) is 21.3 Å². The summed E-state index contributed by atoms with van der Waals surface area (Å²) in [6.45, 7) is 10.4. The Labute approximate surface area is 182 Å². The summed E-state index contributed by atoms with van der Waals surface area (Å²) in [6, 6.07) is 3.32. The van der Waals surface area contributed by atoms with Crippen molar-refractivity contribution in [3.8, 4) is 11.5 Å². The fourth-order valence-electron chi connectivity index (χ4n) is 4.50. The molecule has 1 atom stereocenters. The maximum Gasteiger partial charge on any atom is 0.336 e. The lowest BCUT2D eigenvalue weighted by atomic mass is 9.92. The van der Waals surface area contributed by atoms with E-state index in [2.05, 4.69) is 5.32 Å². The number of amides is 1. The molecule has 7 nitrogen and oxygen atoms in total. The Morgan fingerprint density at radius 2 is 2.00 bits per heavy atom. The van der Waals surface area contributed by atoms with Gasteiger partial charge in [-0.1, -0.05) is 0 Å². The summed E-state index contributed by atoms with van der Waals surface area (Å²) >= 11 is 0. The van der Waals surface area contributed by atoms with E-state index in [1.807, 2.05) is 40.7 Å². The number of hydrogen-bond donors (Lipinski definition) is 1. The van der Waals surface area contributed by atoms with Gasteiger partial charge < -0.3 is 23.9 Å². The fourth-order valence-corrected chi connectivity index (χ4v) is 4.50. The lowest BCUT2D eigenvalue weighted by Crippen LogP contribution is -2.47. The summed E-state index contributed by atoms with van der Waals surface area (Å²) in [5, 5.41) is 3.75. The number of carbonyl (C=O) groups excluding carboxylic acids is 1. The van der Waals surface area contributed by atoms with Gasteiger partial charge in [-0.2, -0.15) is 0 Å². The summed E-state index contributed by atoms with van der Waals surface area (Å²) in [5.41, 5.74) is 1.13. The highest BCUT2D eigenvalue weighted by atomic mass is 16.5. The zero-order valence-electron chi connectivity index (χ0n) is 18.9. The van der Waals surface area contributed by atoms with Crippen molar-refractivity contribution in [2.75, 3.05) is 13.2 Å². The van der Waals surface area contributed by atoms with Crippen LogP contribution in [0.4, 0.5) is 0 Å². The molecule has 7 heteroatoms. The van der Waals surface area contributed by atoms with Crippen LogP contribution in [0.3, 0.4) is 0 Å². The predicted octanol–water partition coefficient (Wildman–Crippen LogP) is 3.66. The van der Waals surface area contributed by atoms with Gasteiger partial charge in [-0.3, -0.25) is 4.79 Å². The average molecular weight is 430 g/mol. The topological polar surface area (TPSA) is 87.0 Å². The molecule has 3 heterocycles. The maximum atomic E-state index is 12.6. The van der Waals surface area contributed by atoms with Crippen LogP contribution in [-0.2, 0) is 16.0 Å². The summed E-state index contributed by atoms with van der Waals surface area (Å²) in [5.74, 6) is 0.930. The number of fused-ring (bicyclic) bond motifs is 3. The largest absolute Gasteiger partial charge is 0.487 e. The van der Waals surface area contributed by atoms with E-state index in [0.29, 0.717) is 29.1 Å². The first kappa shape index (κ1) is 21.7. The molecule has 31 heavy (non-hydrogen) atoms. The van der Waals surface area contributed by atoms with E-state index in [1.54, 1.807) is 0 Å². The van der Waals surface area contributed by atoms with Crippen molar-refractivity contribution in [1.82, 2.24) is 5.32 Å². The normalized spacial score (nSPS) is 21.8. The van der Waals surface area contributed by atoms with E-state index in [9.17, 15) is 9.59 Å². The minimum atomic E-state index is -0.408. The highest BCUT2D eigenvalue weighted by molar-refractivity contribution is 5.91. The fraction of sp³-hybridized carbons (Fsp3) is 0.583. The van der Waals surface area contributed by atoms with E-state index < -0.39 is 5.63 Å². The standard InChI is InChI=1S/C24H31NO6/c1-14-10-20(27)30-22-16-6-8-23(2,3)31-17(16)11-18(21(14)22)28-13-19(26)25-15-7-9-29-24(4,5)12-15/h10-11,15H,6-9,12-13H2,1-5H3,(H,25,26). The third-order valence-corrected chi connectivity index (χ3v) is 6.02. The zero-order valence-corrected chi connectivity index (χ0v) is 18.9. The molecule has 1 unspecified atom stereocenters. The lowest BCUT2D eigenvalue weighted by Gasteiger charge is -2.35. The van der Waals surface area contributed by atoms with Crippen molar-refractivity contribution in [2.24, 2.45) is 0 Å². The molecule has 0 spiro atoms. The van der Waals surface area contributed by atoms with Crippen molar-refractivity contribution in [1.29, 1.82) is 0 Å². The van der Waals surface area contributed by atoms with Gasteiger partial charge in [0.2, 0.25) is 0 Å². The van der Waals surface area contributed by atoms with Crippen molar-refractivity contribution in [3.05, 3.63) is 33.7 Å². The molecule has 0 saturated carbocycles. The molecule has 2 aliphatic rings. The predicted molar refractivity (Wildman–Crippen MR) is 117 cm³/mol. The molecule has 1 saturated heterocycles. The van der Waals surface area contributed by atoms with Gasteiger partial charge in [0.1, 0.15) is 22.7 Å². The number of hydrogen-bond acceptors (Lipinski definition) is 6. The highest BCUT2D eigenvalue weighted by Gasteiger charge is 2.31. The molecule has 1 fully saturated rings. The van der Waals surface area contributed by atoms with E-state index >= 15 is 0 Å². The second-order valence-electron chi connectivity index (χ2n) is 9.82. The number of ether oxygens (including phenoxy) is 3. The number of benzene rings is 1. The SMILES string of the molecule is Cc1cc(=O)oc2c3c(cc(OCC(=O)NC4CCOC(C)(C)C4)c12)OC(C)(C)CC3. The van der Waals surface area contributed by atoms with Gasteiger partial charge in [0.15, 0.2) is 6.61 Å². The number of rotatable bonds is 4. The van der Waals surface area contributed by atoms with Gasteiger partial charge in [-0.15, -0.1) is 0 Å². The van der Waals surface area contributed by atoms with E-state index in [-0.39, 0.29) is 29.8 Å². The quantitative estimate of drug-likeness (QED) is 0.747. The van der Waals surface area contributed by atoms with Crippen LogP contribution in [0.25, 0.3) is 11.0 Å². The summed E-state index contributed by atoms with van der Waals surface area (Å²) < 4.78 is 23.4. The molecular weight excluding hydrogens is 398 g/mol. The van der Waals surface area contributed by atoms with Crippen LogP contribution in [-0.4, -0.2) is 36.4 Å². The van der Waals surface area contributed by atoms with Crippen molar-refractivity contribution in [3.63, 3.8) is 0 Å². The molecule has 0 bridgehead atoms. The van der Waals surface area contributed by atoms with Gasteiger partial charge in [0.25, 0.3) is 5.91 Å². The van der Waals surface area contributed by atoms with Crippen LogP contribution >= 0.6 is 0 Å². The smallest absolute Gasteiger partial charge is 0.336 e. The number of aryl methyl sites for hydroxylation is 2. The molecule has 1 aromatic heterocycles. The molecule has 168 valence electrons. The van der Waals surface area contributed by atoms with Gasteiger partial charge in [-0.05, 0) is 65.9 Å². The van der Waals surface area contributed by atoms with E-state index in [4.69, 9.17) is 18.6 Å². The Kier molecular flexibility index (Phi) is 5.50. The number of nitrogens with one attached hydrogen (secondary N) is 1. The Hall–Kier alpha value is -2.54. The molecule has 2 aliphatic heterocycles. The molecule has 1 aromatic carbocycles. The summed E-state index contributed by atoms with van der Waals surface area (Å²) in [7, 11) is 0. The van der Waals surface area contributed by atoms with Crippen LogP contribution in [0.1, 0.15) is 58.1 Å². The van der Waals surface area contributed by atoms with Crippen molar-refractivity contribution in [2.45, 2.75) is 77.5 Å². The monoisotopic (exact) mass is 429 g/mol. The first-order chi connectivity index (χ1) is 14.5. The average Bonchev–Trinajstić information content (AvgIpc) is 2.63. The second kappa shape index (κ2) is 7.86. The first-order valence-corrected chi connectivity index (χ1v) is 10.9. The molecule has 0 radical (unpaired) electrons. The van der Waals surface area contributed by atoms with Crippen LogP contribution in [0.2, 0.25) is 0 Å². The number of carbonyl (C=O) groups is 1. The molecule has 1 N–H and O–H groups in total. The van der Waals surface area contributed by atoms with E-state index in [0.717, 1.165) is 36.8 Å². The van der Waals surface area contributed by atoms with Gasteiger partial charge >= 0.3 is 5.63 Å². The Morgan fingerprint density at radius 3 is 2.74 bits per heavy atom. The third-order valence-electron chi connectivity index (χ3n) is 6.02. The highest BCUT2D eigenvalue weighted by Crippen LogP contribution is 2.42. The molecule has 1 amide bonds. The van der Waals surface area contributed by atoms with Gasteiger partial charge in [0, 0.05) is 30.3 Å². The summed E-state index contributed by atoms with van der Waals surface area (Å²) in [6.07, 6.45) is 3.10. The zero-order chi connectivity index (χ0) is 22.4. The van der Waals surface area contributed by atoms with E-state index in [1.165, 1.54) is 6.07 Å². The molecule has 0 aliphatic carbocycles. The van der Waals surface area contributed by atoms with Crippen LogP contribution < -0.4 is 20.4 Å². The Bertz CT molecular complexity index is 1070. The first-order valence-electron chi connectivity index (χ1n) is 10.9.